The van der Waals surface area contributed by atoms with Gasteiger partial charge in [-0.3, -0.25) is 9.69 Å². The van der Waals surface area contributed by atoms with E-state index in [1.807, 2.05) is 31.2 Å². The van der Waals surface area contributed by atoms with Crippen LogP contribution in [-0.4, -0.2) is 33.7 Å². The second-order valence-corrected chi connectivity index (χ2v) is 6.47. The first-order valence-corrected chi connectivity index (χ1v) is 8.41. The first-order valence-electron chi connectivity index (χ1n) is 7.18. The molecule has 0 aliphatic carbocycles. The number of rotatable bonds is 6. The van der Waals surface area contributed by atoms with Gasteiger partial charge < -0.3 is 14.6 Å². The number of aliphatic carboxylic acids is 1. The van der Waals surface area contributed by atoms with Crippen molar-refractivity contribution in [2.45, 2.75) is 26.3 Å². The van der Waals surface area contributed by atoms with Gasteiger partial charge in [-0.25, -0.2) is 0 Å². The van der Waals surface area contributed by atoms with Gasteiger partial charge in [0.15, 0.2) is 0 Å². The molecular weight excluding hydrogens is 334 g/mol. The Morgan fingerprint density at radius 3 is 2.57 bits per heavy atom. The molecule has 0 aromatic heterocycles. The summed E-state index contributed by atoms with van der Waals surface area (Å²) < 4.78 is 5.60. The minimum atomic E-state index is -1.30. The van der Waals surface area contributed by atoms with E-state index in [1.165, 1.54) is 0 Å². The number of thiocarbonyl (C=S) groups is 1. The van der Waals surface area contributed by atoms with Gasteiger partial charge in [0, 0.05) is 0 Å². The summed E-state index contributed by atoms with van der Waals surface area (Å²) in [5.74, 6) is -0.948. The van der Waals surface area contributed by atoms with Crippen LogP contribution in [0.5, 0.6) is 5.75 Å². The molecule has 1 heterocycles. The van der Waals surface area contributed by atoms with Gasteiger partial charge in [-0.1, -0.05) is 43.0 Å². The van der Waals surface area contributed by atoms with E-state index in [9.17, 15) is 14.7 Å². The van der Waals surface area contributed by atoms with Crippen LogP contribution in [0.2, 0.25) is 0 Å². The molecule has 0 unspecified atom stereocenters. The number of amides is 1. The lowest BCUT2D eigenvalue weighted by atomic mass is 10.1. The first-order chi connectivity index (χ1) is 11.0. The van der Waals surface area contributed by atoms with Gasteiger partial charge in [-0.05, 0) is 37.1 Å². The van der Waals surface area contributed by atoms with Crippen LogP contribution in [0.25, 0.3) is 6.08 Å². The Morgan fingerprint density at radius 1 is 1.39 bits per heavy atom. The maximum atomic E-state index is 12.4. The summed E-state index contributed by atoms with van der Waals surface area (Å²) in [6, 6.07) is 6.24. The average molecular weight is 350 g/mol. The maximum absolute atomic E-state index is 12.4. The topological polar surface area (TPSA) is 69.7 Å². The molecule has 0 radical (unpaired) electrons. The molecule has 1 saturated heterocycles. The van der Waals surface area contributed by atoms with Gasteiger partial charge in [0.2, 0.25) is 0 Å². The van der Waals surface area contributed by atoms with Crippen molar-refractivity contribution in [1.29, 1.82) is 0 Å². The second-order valence-electron chi connectivity index (χ2n) is 4.80. The quantitative estimate of drug-likeness (QED) is 0.576. The molecule has 1 aliphatic rings. The fourth-order valence-electron chi connectivity index (χ4n) is 2.18. The van der Waals surface area contributed by atoms with Crippen LogP contribution in [0.15, 0.2) is 29.2 Å². The summed E-state index contributed by atoms with van der Waals surface area (Å²) in [7, 11) is 0. The van der Waals surface area contributed by atoms with Crippen molar-refractivity contribution in [1.82, 2.24) is 4.90 Å². The van der Waals surface area contributed by atoms with Crippen molar-refractivity contribution in [2.24, 2.45) is 0 Å². The summed E-state index contributed by atoms with van der Waals surface area (Å²) >= 11 is 6.24. The van der Waals surface area contributed by atoms with Crippen molar-refractivity contribution in [3.63, 3.8) is 0 Å². The Morgan fingerprint density at radius 2 is 2.04 bits per heavy atom. The Kier molecular flexibility index (Phi) is 5.79. The molecule has 0 bridgehead atoms. The van der Waals surface area contributed by atoms with Gasteiger partial charge >= 0.3 is 0 Å². The SMILES string of the molecule is CCOc1ccc(/C=C2\SC(=S)N([C@H](CC)C(=O)[O-])C2=O)cc1. The van der Waals surface area contributed by atoms with Crippen molar-refractivity contribution < 1.29 is 19.4 Å². The molecule has 0 N–H and O–H groups in total. The summed E-state index contributed by atoms with van der Waals surface area (Å²) in [6.45, 7) is 4.16. The lowest BCUT2D eigenvalue weighted by Gasteiger charge is -2.26. The zero-order valence-corrected chi connectivity index (χ0v) is 14.4. The normalized spacial score (nSPS) is 17.7. The smallest absolute Gasteiger partial charge is 0.266 e. The number of hydrogen-bond donors (Lipinski definition) is 0. The molecule has 1 amide bonds. The van der Waals surface area contributed by atoms with Crippen LogP contribution >= 0.6 is 24.0 Å². The molecule has 122 valence electrons. The van der Waals surface area contributed by atoms with Crippen molar-refractivity contribution in [2.75, 3.05) is 6.61 Å². The molecule has 7 heteroatoms. The van der Waals surface area contributed by atoms with Crippen LogP contribution in [0, 0.1) is 0 Å². The highest BCUT2D eigenvalue weighted by atomic mass is 32.2. The van der Waals surface area contributed by atoms with Crippen molar-refractivity contribution >= 4 is 46.3 Å². The fraction of sp³-hybridized carbons (Fsp3) is 0.312. The first kappa shape index (κ1) is 17.5. The lowest BCUT2D eigenvalue weighted by molar-refractivity contribution is -0.310. The number of nitrogens with zero attached hydrogens (tertiary/aromatic N) is 1. The van der Waals surface area contributed by atoms with Crippen molar-refractivity contribution in [3.8, 4) is 5.75 Å². The molecule has 0 spiro atoms. The Labute approximate surface area is 144 Å². The zero-order chi connectivity index (χ0) is 17.0. The minimum Gasteiger partial charge on any atom is -0.548 e. The summed E-state index contributed by atoms with van der Waals surface area (Å²) in [5.41, 5.74) is 0.815. The van der Waals surface area contributed by atoms with Gasteiger partial charge in [0.25, 0.3) is 5.91 Å². The van der Waals surface area contributed by atoms with E-state index >= 15 is 0 Å². The monoisotopic (exact) mass is 350 g/mol. The van der Waals surface area contributed by atoms with E-state index in [1.54, 1.807) is 13.0 Å². The van der Waals surface area contributed by atoms with Crippen molar-refractivity contribution in [3.05, 3.63) is 34.7 Å². The molecule has 5 nitrogen and oxygen atoms in total. The number of ether oxygens (including phenoxy) is 1. The van der Waals surface area contributed by atoms with E-state index in [0.29, 0.717) is 11.5 Å². The fourth-order valence-corrected chi connectivity index (χ4v) is 3.54. The predicted molar refractivity (Wildman–Crippen MR) is 91.7 cm³/mol. The van der Waals surface area contributed by atoms with Gasteiger partial charge in [-0.2, -0.15) is 0 Å². The average Bonchev–Trinajstić information content (AvgIpc) is 2.78. The molecule has 2 rings (SSSR count). The van der Waals surface area contributed by atoms with Crippen LogP contribution in [0.4, 0.5) is 0 Å². The highest BCUT2D eigenvalue weighted by molar-refractivity contribution is 8.26. The number of carboxylic acid groups (broad SMARTS) is 1. The summed E-state index contributed by atoms with van der Waals surface area (Å²) in [6.07, 6.45) is 1.93. The van der Waals surface area contributed by atoms with E-state index in [-0.39, 0.29) is 10.7 Å². The highest BCUT2D eigenvalue weighted by Gasteiger charge is 2.36. The van der Waals surface area contributed by atoms with E-state index in [4.69, 9.17) is 17.0 Å². The Hall–Kier alpha value is -1.86. The number of thioether (sulfide) groups is 1. The maximum Gasteiger partial charge on any atom is 0.266 e. The third-order valence-electron chi connectivity index (χ3n) is 3.28. The van der Waals surface area contributed by atoms with Gasteiger partial charge in [0.1, 0.15) is 10.1 Å². The third-order valence-corrected chi connectivity index (χ3v) is 4.61. The van der Waals surface area contributed by atoms with Crippen LogP contribution < -0.4 is 9.84 Å². The number of carbonyl (C=O) groups is 2. The zero-order valence-electron chi connectivity index (χ0n) is 12.8. The van der Waals surface area contributed by atoms with Gasteiger partial charge in [-0.15, -0.1) is 0 Å². The second kappa shape index (κ2) is 7.61. The molecular formula is C16H16NO4S2-. The van der Waals surface area contributed by atoms with E-state index < -0.39 is 17.9 Å². The summed E-state index contributed by atoms with van der Waals surface area (Å²) in [5, 5.41) is 11.2. The number of hydrogen-bond acceptors (Lipinski definition) is 6. The van der Waals surface area contributed by atoms with Gasteiger partial charge in [0.05, 0.1) is 23.5 Å². The highest BCUT2D eigenvalue weighted by Crippen LogP contribution is 2.34. The molecule has 1 aromatic rings. The van der Waals surface area contributed by atoms with Crippen LogP contribution in [-0.2, 0) is 9.59 Å². The number of carboxylic acids is 1. The molecule has 0 saturated carbocycles. The largest absolute Gasteiger partial charge is 0.548 e. The molecule has 1 aromatic carbocycles. The lowest BCUT2D eigenvalue weighted by Crippen LogP contribution is -2.49. The molecule has 1 fully saturated rings. The standard InChI is InChI=1S/C16H17NO4S2/c1-3-12(15(19)20)17-14(18)13(23-16(17)22)9-10-5-7-11(8-6-10)21-4-2/h5-9,12H,3-4H2,1-2H3,(H,19,20)/p-1/b13-9-/t12-/m1/s1. The Balaban J connectivity index is 2.22. The predicted octanol–water partition coefficient (Wildman–Crippen LogP) is 1.81. The van der Waals surface area contributed by atoms with E-state index in [2.05, 4.69) is 0 Å². The van der Waals surface area contributed by atoms with E-state index in [0.717, 1.165) is 28.0 Å². The van der Waals surface area contributed by atoms with Crippen LogP contribution in [0.3, 0.4) is 0 Å². The number of benzene rings is 1. The Bertz CT molecular complexity index is 655. The third kappa shape index (κ3) is 3.92. The molecule has 1 atom stereocenters. The number of carbonyl (C=O) groups excluding carboxylic acids is 2. The molecule has 23 heavy (non-hydrogen) atoms. The molecule has 1 aliphatic heterocycles. The minimum absolute atomic E-state index is 0.239. The van der Waals surface area contributed by atoms with Crippen LogP contribution in [0.1, 0.15) is 25.8 Å². The summed E-state index contributed by atoms with van der Waals surface area (Å²) in [4.78, 5) is 25.1.